The minimum Gasteiger partial charge on any atom is -0.459 e. The van der Waals surface area contributed by atoms with Gasteiger partial charge in [0.2, 0.25) is 6.29 Å². The largest absolute Gasteiger partial charge is 0.459 e. The maximum absolute atomic E-state index is 12.2. The van der Waals surface area contributed by atoms with Gasteiger partial charge in [-0.15, -0.1) is 0 Å². The highest BCUT2D eigenvalue weighted by Gasteiger charge is 2.25. The highest BCUT2D eigenvalue weighted by atomic mass is 16.7. The van der Waals surface area contributed by atoms with E-state index in [2.05, 4.69) is 10.3 Å². The maximum Gasteiger partial charge on any atom is 0.290 e. The molecule has 1 aliphatic heterocycles. The highest BCUT2D eigenvalue weighted by molar-refractivity contribution is 6.02. The summed E-state index contributed by atoms with van der Waals surface area (Å²) in [6, 6.07) is 3.52. The lowest BCUT2D eigenvalue weighted by molar-refractivity contribution is -0.145. The van der Waals surface area contributed by atoms with Crippen molar-refractivity contribution in [3.8, 4) is 0 Å². The number of allylic oxidation sites excluding steroid dienone is 1. The number of amides is 1. The first-order chi connectivity index (χ1) is 10.7. The van der Waals surface area contributed by atoms with Crippen molar-refractivity contribution in [2.24, 2.45) is 5.92 Å². The normalized spacial score (nSPS) is 20.9. The molecule has 0 bridgehead atoms. The summed E-state index contributed by atoms with van der Waals surface area (Å²) in [4.78, 5) is 16.2. The van der Waals surface area contributed by atoms with Crippen LogP contribution in [-0.4, -0.2) is 35.5 Å². The topological polar surface area (TPSA) is 80.7 Å². The van der Waals surface area contributed by atoms with E-state index in [1.165, 1.54) is 0 Å². The molecule has 0 spiro atoms. The Bertz CT molecular complexity index is 504. The molecule has 2 heterocycles. The van der Waals surface area contributed by atoms with Crippen LogP contribution in [0.25, 0.3) is 0 Å². The average molecular weight is 306 g/mol. The molecule has 1 aliphatic rings. The van der Waals surface area contributed by atoms with E-state index in [-0.39, 0.29) is 24.2 Å². The van der Waals surface area contributed by atoms with Gasteiger partial charge < -0.3 is 19.9 Å². The summed E-state index contributed by atoms with van der Waals surface area (Å²) >= 11 is 0. The smallest absolute Gasteiger partial charge is 0.290 e. The van der Waals surface area contributed by atoms with E-state index in [0.29, 0.717) is 25.1 Å². The summed E-state index contributed by atoms with van der Waals surface area (Å²) in [6.45, 7) is 2.68. The molecule has 0 saturated heterocycles. The van der Waals surface area contributed by atoms with Crippen molar-refractivity contribution in [2.75, 3.05) is 18.5 Å². The number of aliphatic hydroxyl groups excluding tert-OH is 1. The van der Waals surface area contributed by atoms with E-state index in [9.17, 15) is 4.79 Å². The Labute approximate surface area is 130 Å². The van der Waals surface area contributed by atoms with Crippen LogP contribution in [0.1, 0.15) is 26.2 Å². The number of carbonyl (C=O) groups excluding carboxylic acids is 1. The minimum atomic E-state index is -0.423. The predicted molar refractivity (Wildman–Crippen MR) is 81.9 cm³/mol. The fourth-order valence-electron chi connectivity index (χ4n) is 2.15. The van der Waals surface area contributed by atoms with E-state index in [0.717, 1.165) is 6.42 Å². The molecule has 2 N–H and O–H groups in total. The number of aromatic nitrogens is 1. The van der Waals surface area contributed by atoms with Gasteiger partial charge in [0.1, 0.15) is 0 Å². The highest BCUT2D eigenvalue weighted by Crippen LogP contribution is 2.24. The van der Waals surface area contributed by atoms with Crippen molar-refractivity contribution >= 4 is 11.6 Å². The molecule has 22 heavy (non-hydrogen) atoms. The number of nitrogens with zero attached hydrogens (tertiary/aromatic N) is 1. The first kappa shape index (κ1) is 16.5. The second-order valence-electron chi connectivity index (χ2n) is 5.29. The third-order valence-electron chi connectivity index (χ3n) is 3.26. The molecule has 0 aliphatic carbocycles. The summed E-state index contributed by atoms with van der Waals surface area (Å²) in [7, 11) is 0. The van der Waals surface area contributed by atoms with E-state index in [1.54, 1.807) is 30.6 Å². The summed E-state index contributed by atoms with van der Waals surface area (Å²) < 4.78 is 11.2. The number of hydrogen-bond acceptors (Lipinski definition) is 5. The van der Waals surface area contributed by atoms with Crippen LogP contribution in [0.5, 0.6) is 0 Å². The van der Waals surface area contributed by atoms with Gasteiger partial charge in [0, 0.05) is 19.2 Å². The molecule has 120 valence electrons. The first-order valence-corrected chi connectivity index (χ1v) is 7.51. The molecular weight excluding hydrogens is 284 g/mol. The monoisotopic (exact) mass is 306 g/mol. The Morgan fingerprint density at radius 2 is 2.41 bits per heavy atom. The van der Waals surface area contributed by atoms with Gasteiger partial charge in [-0.2, -0.15) is 0 Å². The Balaban J connectivity index is 1.88. The lowest BCUT2D eigenvalue weighted by atomic mass is 10.0. The number of ether oxygens (including phenoxy) is 2. The minimum absolute atomic E-state index is 0.157. The fraction of sp³-hybridized carbons (Fsp3) is 0.500. The van der Waals surface area contributed by atoms with Gasteiger partial charge in [-0.05, 0) is 37.0 Å². The second-order valence-corrected chi connectivity index (χ2v) is 5.29. The molecule has 0 radical (unpaired) electrons. The second kappa shape index (κ2) is 8.51. The number of anilines is 1. The van der Waals surface area contributed by atoms with Crippen molar-refractivity contribution in [3.05, 3.63) is 36.4 Å². The van der Waals surface area contributed by atoms with Crippen LogP contribution >= 0.6 is 0 Å². The Morgan fingerprint density at radius 3 is 3.14 bits per heavy atom. The Kier molecular flexibility index (Phi) is 6.36. The van der Waals surface area contributed by atoms with Crippen LogP contribution in [-0.2, 0) is 14.3 Å². The zero-order valence-electron chi connectivity index (χ0n) is 12.7. The van der Waals surface area contributed by atoms with Crippen molar-refractivity contribution in [1.29, 1.82) is 0 Å². The molecule has 1 aromatic heterocycles. The lowest BCUT2D eigenvalue weighted by Crippen LogP contribution is -2.29. The van der Waals surface area contributed by atoms with Crippen molar-refractivity contribution in [1.82, 2.24) is 4.98 Å². The van der Waals surface area contributed by atoms with Gasteiger partial charge in [0.25, 0.3) is 5.91 Å². The molecule has 0 aromatic carbocycles. The van der Waals surface area contributed by atoms with Crippen LogP contribution in [0.4, 0.5) is 5.69 Å². The average Bonchev–Trinajstić information content (AvgIpc) is 2.52. The Hall–Kier alpha value is -1.92. The summed E-state index contributed by atoms with van der Waals surface area (Å²) in [5.41, 5.74) is 0.621. The fourth-order valence-corrected chi connectivity index (χ4v) is 2.15. The quantitative estimate of drug-likeness (QED) is 0.754. The molecule has 6 nitrogen and oxygen atoms in total. The van der Waals surface area contributed by atoms with Crippen molar-refractivity contribution < 1.29 is 19.4 Å². The third-order valence-corrected chi connectivity index (χ3v) is 3.26. The standard InChI is InChI=1S/C16H22N2O4/c1-12-9-14(16(20)18-13-5-4-6-17-11-13)22-15(10-12)21-8-3-2-7-19/h4-6,9,11-12,15,19H,2-3,7-8,10H2,1H3,(H,18,20)/t12-,15+/m1/s1. The summed E-state index contributed by atoms with van der Waals surface area (Å²) in [5.74, 6) is 0.171. The number of rotatable bonds is 7. The third kappa shape index (κ3) is 5.13. The molecule has 0 fully saturated rings. The van der Waals surface area contributed by atoms with E-state index < -0.39 is 6.29 Å². The van der Waals surface area contributed by atoms with Crippen LogP contribution in [0.15, 0.2) is 36.4 Å². The molecule has 0 unspecified atom stereocenters. The SMILES string of the molecule is C[C@@H]1C=C(C(=O)Nc2cccnc2)O[C@H](OCCCCO)C1. The summed E-state index contributed by atoms with van der Waals surface area (Å²) in [6.07, 6.45) is 6.78. The van der Waals surface area contributed by atoms with Gasteiger partial charge in [0.05, 0.1) is 18.5 Å². The molecular formula is C16H22N2O4. The zero-order chi connectivity index (χ0) is 15.8. The van der Waals surface area contributed by atoms with Crippen LogP contribution in [0.3, 0.4) is 0 Å². The molecule has 1 amide bonds. The molecule has 0 saturated carbocycles. The lowest BCUT2D eigenvalue weighted by Gasteiger charge is -2.27. The number of hydrogen-bond donors (Lipinski definition) is 2. The van der Waals surface area contributed by atoms with Crippen molar-refractivity contribution in [2.45, 2.75) is 32.5 Å². The number of unbranched alkanes of at least 4 members (excludes halogenated alkanes) is 1. The van der Waals surface area contributed by atoms with E-state index in [1.807, 2.05) is 6.92 Å². The number of aliphatic hydroxyl groups is 1. The van der Waals surface area contributed by atoms with Gasteiger partial charge in [0.15, 0.2) is 5.76 Å². The Morgan fingerprint density at radius 1 is 1.55 bits per heavy atom. The van der Waals surface area contributed by atoms with E-state index in [4.69, 9.17) is 14.6 Å². The zero-order valence-corrected chi connectivity index (χ0v) is 12.7. The maximum atomic E-state index is 12.2. The van der Waals surface area contributed by atoms with Crippen molar-refractivity contribution in [3.63, 3.8) is 0 Å². The number of pyridine rings is 1. The van der Waals surface area contributed by atoms with Crippen LogP contribution in [0.2, 0.25) is 0 Å². The van der Waals surface area contributed by atoms with Gasteiger partial charge in [-0.1, -0.05) is 6.92 Å². The molecule has 2 atom stereocenters. The molecule has 6 heteroatoms. The predicted octanol–water partition coefficient (Wildman–Crippen LogP) is 2.08. The molecule has 2 rings (SSSR count). The number of nitrogens with one attached hydrogen (secondary N) is 1. The van der Waals surface area contributed by atoms with Gasteiger partial charge in [-0.25, -0.2) is 0 Å². The van der Waals surface area contributed by atoms with Crippen LogP contribution in [0, 0.1) is 5.92 Å². The van der Waals surface area contributed by atoms with Gasteiger partial charge >= 0.3 is 0 Å². The first-order valence-electron chi connectivity index (χ1n) is 7.51. The molecule has 1 aromatic rings. The summed E-state index contributed by atoms with van der Waals surface area (Å²) in [5, 5.41) is 11.5. The van der Waals surface area contributed by atoms with E-state index >= 15 is 0 Å². The van der Waals surface area contributed by atoms with Crippen LogP contribution < -0.4 is 5.32 Å². The van der Waals surface area contributed by atoms with Gasteiger partial charge in [-0.3, -0.25) is 9.78 Å². The number of carbonyl (C=O) groups is 1.